The van der Waals surface area contributed by atoms with Crippen LogP contribution in [0.5, 0.6) is 0 Å². The van der Waals surface area contributed by atoms with Crippen LogP contribution < -0.4 is 5.32 Å². The van der Waals surface area contributed by atoms with Crippen molar-refractivity contribution in [2.75, 3.05) is 18.1 Å². The summed E-state index contributed by atoms with van der Waals surface area (Å²) >= 11 is 0. The highest BCUT2D eigenvalue weighted by Crippen LogP contribution is 2.23. The Balaban J connectivity index is 2.17. The Bertz CT molecular complexity index is 527. The minimum Gasteiger partial charge on any atom is -0.321 e. The number of nitrogens with one attached hydrogen (secondary N) is 1. The van der Waals surface area contributed by atoms with Crippen LogP contribution in [0.3, 0.4) is 0 Å². The van der Waals surface area contributed by atoms with Gasteiger partial charge in [0, 0.05) is 0 Å². The molecule has 0 aliphatic carbocycles. The fourth-order valence-electron chi connectivity index (χ4n) is 2.53. The van der Waals surface area contributed by atoms with Crippen molar-refractivity contribution in [2.45, 2.75) is 25.8 Å². The molecule has 0 spiro atoms. The Morgan fingerprint density at radius 1 is 1.42 bits per heavy atom. The van der Waals surface area contributed by atoms with E-state index in [0.717, 1.165) is 0 Å². The number of nitrogens with zero attached hydrogens (tertiary/aromatic N) is 1. The Morgan fingerprint density at radius 2 is 2.11 bits per heavy atom. The summed E-state index contributed by atoms with van der Waals surface area (Å²) in [5.74, 6) is -2.24. The summed E-state index contributed by atoms with van der Waals surface area (Å²) < 4.78 is 22.8. The van der Waals surface area contributed by atoms with E-state index in [1.165, 1.54) is 4.90 Å². The second-order valence-corrected chi connectivity index (χ2v) is 7.13. The summed E-state index contributed by atoms with van der Waals surface area (Å²) in [5, 5.41) is 2.18. The molecule has 0 bridgehead atoms. The molecule has 2 aliphatic heterocycles. The maximum absolute atomic E-state index is 12.3. The number of carbonyl (C=O) groups is 3. The second kappa shape index (κ2) is 4.92. The van der Waals surface area contributed by atoms with E-state index in [4.69, 9.17) is 0 Å². The number of sulfone groups is 1. The fraction of sp³-hybridized carbons (Fsp3) is 0.727. The van der Waals surface area contributed by atoms with Crippen LogP contribution >= 0.6 is 0 Å². The van der Waals surface area contributed by atoms with Gasteiger partial charge in [-0.05, 0) is 12.8 Å². The summed E-state index contributed by atoms with van der Waals surface area (Å²) in [7, 11) is -3.16. The molecule has 2 unspecified atom stereocenters. The molecule has 2 rings (SSSR count). The summed E-state index contributed by atoms with van der Waals surface area (Å²) in [4.78, 5) is 36.5. The number of imide groups is 1. The quantitative estimate of drug-likeness (QED) is 0.635. The van der Waals surface area contributed by atoms with E-state index >= 15 is 0 Å². The first-order chi connectivity index (χ1) is 8.84. The van der Waals surface area contributed by atoms with Gasteiger partial charge in [0.15, 0.2) is 9.84 Å². The molecule has 106 valence electrons. The van der Waals surface area contributed by atoms with Gasteiger partial charge < -0.3 is 4.90 Å². The normalized spacial score (nSPS) is 30.3. The molecule has 19 heavy (non-hydrogen) atoms. The van der Waals surface area contributed by atoms with Gasteiger partial charge >= 0.3 is 0 Å². The van der Waals surface area contributed by atoms with Gasteiger partial charge in [-0.1, -0.05) is 6.92 Å². The minimum absolute atomic E-state index is 0.00577. The first-order valence-corrected chi connectivity index (χ1v) is 8.01. The van der Waals surface area contributed by atoms with E-state index in [1.54, 1.807) is 6.92 Å². The number of hydrogen-bond donors (Lipinski definition) is 1. The van der Waals surface area contributed by atoms with Crippen LogP contribution in [-0.4, -0.2) is 55.1 Å². The number of piperazine rings is 1. The summed E-state index contributed by atoms with van der Waals surface area (Å²) in [6, 6.07) is -0.687. The van der Waals surface area contributed by atoms with Crippen molar-refractivity contribution in [3.8, 4) is 0 Å². The zero-order valence-corrected chi connectivity index (χ0v) is 11.4. The monoisotopic (exact) mass is 288 g/mol. The molecular formula is C11H16N2O5S. The topological polar surface area (TPSA) is 101 Å². The molecule has 0 aromatic heterocycles. The third kappa shape index (κ3) is 2.78. The van der Waals surface area contributed by atoms with E-state index in [1.807, 2.05) is 0 Å². The molecule has 2 fully saturated rings. The van der Waals surface area contributed by atoms with Crippen molar-refractivity contribution < 1.29 is 22.8 Å². The van der Waals surface area contributed by atoms with E-state index < -0.39 is 39.5 Å². The van der Waals surface area contributed by atoms with Gasteiger partial charge in [-0.15, -0.1) is 0 Å². The highest BCUT2D eigenvalue weighted by Gasteiger charge is 2.41. The van der Waals surface area contributed by atoms with E-state index in [9.17, 15) is 22.8 Å². The third-order valence-electron chi connectivity index (χ3n) is 3.51. The zero-order chi connectivity index (χ0) is 14.2. The van der Waals surface area contributed by atoms with Gasteiger partial charge in [-0.25, -0.2) is 8.42 Å². The van der Waals surface area contributed by atoms with Crippen molar-refractivity contribution in [1.29, 1.82) is 0 Å². The molecule has 0 radical (unpaired) electrons. The maximum Gasteiger partial charge on any atom is 0.249 e. The summed E-state index contributed by atoms with van der Waals surface area (Å²) in [5.41, 5.74) is 0. The van der Waals surface area contributed by atoms with Crippen molar-refractivity contribution in [3.63, 3.8) is 0 Å². The Hall–Kier alpha value is -1.44. The first kappa shape index (κ1) is 14.0. The molecule has 0 aromatic rings. The summed E-state index contributed by atoms with van der Waals surface area (Å²) in [6.07, 6.45) is 0.661. The van der Waals surface area contributed by atoms with Crippen LogP contribution in [0.15, 0.2) is 0 Å². The lowest BCUT2D eigenvalue weighted by Crippen LogP contribution is -2.60. The average Bonchev–Trinajstić information content (AvgIpc) is 2.68. The number of carbonyl (C=O) groups excluding carboxylic acids is 3. The first-order valence-electron chi connectivity index (χ1n) is 6.18. The number of rotatable bonds is 2. The van der Waals surface area contributed by atoms with Crippen molar-refractivity contribution in [2.24, 2.45) is 5.92 Å². The minimum atomic E-state index is -3.16. The average molecular weight is 288 g/mol. The van der Waals surface area contributed by atoms with Crippen LogP contribution in [0.4, 0.5) is 0 Å². The van der Waals surface area contributed by atoms with Crippen molar-refractivity contribution in [1.82, 2.24) is 10.2 Å². The van der Waals surface area contributed by atoms with Gasteiger partial charge in [0.2, 0.25) is 17.7 Å². The van der Waals surface area contributed by atoms with Gasteiger partial charge in [0.1, 0.15) is 12.6 Å². The van der Waals surface area contributed by atoms with E-state index in [0.29, 0.717) is 6.42 Å². The molecule has 7 nitrogen and oxygen atoms in total. The van der Waals surface area contributed by atoms with Crippen molar-refractivity contribution in [3.05, 3.63) is 0 Å². The second-order valence-electron chi connectivity index (χ2n) is 4.90. The van der Waals surface area contributed by atoms with Gasteiger partial charge in [0.05, 0.1) is 17.4 Å². The molecule has 0 saturated carbocycles. The number of hydrogen-bond acceptors (Lipinski definition) is 5. The molecule has 2 heterocycles. The lowest BCUT2D eigenvalue weighted by atomic mass is 10.0. The summed E-state index contributed by atoms with van der Waals surface area (Å²) in [6.45, 7) is 1.56. The lowest BCUT2D eigenvalue weighted by Gasteiger charge is -2.34. The van der Waals surface area contributed by atoms with Gasteiger partial charge in [0.25, 0.3) is 0 Å². The SMILES string of the molecule is CCC1C(=O)NC(=O)CN1C(=O)C1CCS(=O)(=O)C1. The van der Waals surface area contributed by atoms with Crippen LogP contribution in [0.2, 0.25) is 0 Å². The predicted molar refractivity (Wildman–Crippen MR) is 65.7 cm³/mol. The third-order valence-corrected chi connectivity index (χ3v) is 5.27. The zero-order valence-electron chi connectivity index (χ0n) is 10.6. The molecular weight excluding hydrogens is 272 g/mol. The van der Waals surface area contributed by atoms with Crippen LogP contribution in [0.25, 0.3) is 0 Å². The molecule has 0 aromatic carbocycles. The van der Waals surface area contributed by atoms with E-state index in [-0.39, 0.29) is 24.5 Å². The predicted octanol–water partition coefficient (Wildman–Crippen LogP) is -1.32. The standard InChI is InChI=1S/C11H16N2O5S/c1-2-8-10(15)12-9(14)5-13(8)11(16)7-3-4-19(17,18)6-7/h7-8H,2-6H2,1H3,(H,12,14,15). The lowest BCUT2D eigenvalue weighted by molar-refractivity contribution is -0.151. The Morgan fingerprint density at radius 3 is 2.63 bits per heavy atom. The molecule has 2 saturated heterocycles. The molecule has 2 aliphatic rings. The van der Waals surface area contributed by atoms with Crippen LogP contribution in [-0.2, 0) is 24.2 Å². The largest absolute Gasteiger partial charge is 0.321 e. The molecule has 3 amide bonds. The highest BCUT2D eigenvalue weighted by molar-refractivity contribution is 7.91. The van der Waals surface area contributed by atoms with Crippen LogP contribution in [0.1, 0.15) is 19.8 Å². The van der Waals surface area contributed by atoms with Gasteiger partial charge in [-0.3, -0.25) is 19.7 Å². The highest BCUT2D eigenvalue weighted by atomic mass is 32.2. The molecule has 1 N–H and O–H groups in total. The Kier molecular flexibility index (Phi) is 3.62. The number of amides is 3. The molecule has 8 heteroatoms. The Labute approximate surface area is 111 Å². The fourth-order valence-corrected chi connectivity index (χ4v) is 4.26. The maximum atomic E-state index is 12.3. The smallest absolute Gasteiger partial charge is 0.249 e. The van der Waals surface area contributed by atoms with Crippen LogP contribution in [0, 0.1) is 5.92 Å². The van der Waals surface area contributed by atoms with E-state index in [2.05, 4.69) is 5.32 Å². The van der Waals surface area contributed by atoms with Crippen molar-refractivity contribution >= 4 is 27.6 Å². The molecule has 2 atom stereocenters. The van der Waals surface area contributed by atoms with Gasteiger partial charge in [-0.2, -0.15) is 0 Å².